The number of ether oxygens (including phenoxy) is 2. The molecular weight excluding hydrogens is 318 g/mol. The van der Waals surface area contributed by atoms with Gasteiger partial charge in [-0.2, -0.15) is 0 Å². The molecule has 1 aromatic carbocycles. The van der Waals surface area contributed by atoms with Crippen LogP contribution in [-0.4, -0.2) is 37.7 Å². The maximum Gasteiger partial charge on any atom is 0.251 e. The van der Waals surface area contributed by atoms with Crippen molar-refractivity contribution in [3.63, 3.8) is 0 Å². The van der Waals surface area contributed by atoms with Crippen molar-refractivity contribution in [3.8, 4) is 11.5 Å². The molecule has 0 saturated carbocycles. The van der Waals surface area contributed by atoms with Crippen LogP contribution in [0.5, 0.6) is 11.5 Å². The molecule has 0 bridgehead atoms. The molecule has 6 nitrogen and oxygen atoms in total. The Morgan fingerprint density at radius 1 is 1.16 bits per heavy atom. The first-order valence-electron chi connectivity index (χ1n) is 8.33. The molecule has 2 rings (SSSR count). The smallest absolute Gasteiger partial charge is 0.251 e. The van der Waals surface area contributed by atoms with E-state index in [0.29, 0.717) is 30.5 Å². The first-order chi connectivity index (χ1) is 12.1. The molecule has 1 amide bonds. The summed E-state index contributed by atoms with van der Waals surface area (Å²) >= 11 is 0. The minimum absolute atomic E-state index is 0.145. The molecule has 0 radical (unpaired) electrons. The van der Waals surface area contributed by atoms with Crippen molar-refractivity contribution < 1.29 is 14.3 Å². The Balaban J connectivity index is 1.76. The molecule has 0 atom stereocenters. The number of hydrogen-bond donors (Lipinski definition) is 2. The number of carbonyl (C=O) groups excluding carboxylic acids is 1. The fourth-order valence-electron chi connectivity index (χ4n) is 2.08. The van der Waals surface area contributed by atoms with Gasteiger partial charge < -0.3 is 20.1 Å². The second-order valence-electron chi connectivity index (χ2n) is 5.98. The van der Waals surface area contributed by atoms with E-state index in [4.69, 9.17) is 9.47 Å². The van der Waals surface area contributed by atoms with Gasteiger partial charge in [0.25, 0.3) is 5.91 Å². The summed E-state index contributed by atoms with van der Waals surface area (Å²) in [4.78, 5) is 16.4. The first kappa shape index (κ1) is 18.6. The van der Waals surface area contributed by atoms with E-state index in [1.807, 2.05) is 24.3 Å². The Morgan fingerprint density at radius 2 is 1.88 bits per heavy atom. The van der Waals surface area contributed by atoms with Crippen molar-refractivity contribution in [1.82, 2.24) is 10.3 Å². The molecule has 1 heterocycles. The highest BCUT2D eigenvalue weighted by molar-refractivity contribution is 5.94. The van der Waals surface area contributed by atoms with Crippen LogP contribution in [0, 0.1) is 5.92 Å². The number of amides is 1. The van der Waals surface area contributed by atoms with Crippen LogP contribution in [-0.2, 0) is 0 Å². The third-order valence-electron chi connectivity index (χ3n) is 3.43. The lowest BCUT2D eigenvalue weighted by Crippen LogP contribution is -2.28. The lowest BCUT2D eigenvalue weighted by atomic mass is 10.2. The number of nitrogens with one attached hydrogen (secondary N) is 2. The predicted molar refractivity (Wildman–Crippen MR) is 98.4 cm³/mol. The molecule has 25 heavy (non-hydrogen) atoms. The van der Waals surface area contributed by atoms with E-state index in [1.54, 1.807) is 25.4 Å². The summed E-state index contributed by atoms with van der Waals surface area (Å²) in [6.07, 6.45) is 1.63. The van der Waals surface area contributed by atoms with Gasteiger partial charge in [0.05, 0.1) is 13.7 Å². The van der Waals surface area contributed by atoms with Gasteiger partial charge in [0.15, 0.2) is 0 Å². The summed E-state index contributed by atoms with van der Waals surface area (Å²) in [5.74, 6) is 2.58. The molecule has 6 heteroatoms. The quantitative estimate of drug-likeness (QED) is 0.685. The minimum atomic E-state index is -0.145. The van der Waals surface area contributed by atoms with Crippen molar-refractivity contribution in [2.24, 2.45) is 5.92 Å². The fraction of sp³-hybridized carbons (Fsp3) is 0.368. The van der Waals surface area contributed by atoms with Crippen LogP contribution in [0.15, 0.2) is 42.6 Å². The molecular formula is C19H25N3O3. The van der Waals surface area contributed by atoms with Gasteiger partial charge in [-0.3, -0.25) is 4.79 Å². The summed E-state index contributed by atoms with van der Waals surface area (Å²) in [5.41, 5.74) is 0.575. The Morgan fingerprint density at radius 3 is 2.56 bits per heavy atom. The number of benzene rings is 1. The first-order valence-corrected chi connectivity index (χ1v) is 8.33. The van der Waals surface area contributed by atoms with Crippen molar-refractivity contribution in [2.75, 3.05) is 32.1 Å². The number of rotatable bonds is 9. The minimum Gasteiger partial charge on any atom is -0.497 e. The van der Waals surface area contributed by atoms with Crippen molar-refractivity contribution >= 4 is 11.7 Å². The van der Waals surface area contributed by atoms with Crippen molar-refractivity contribution in [1.29, 1.82) is 0 Å². The summed E-state index contributed by atoms with van der Waals surface area (Å²) in [7, 11) is 1.62. The largest absolute Gasteiger partial charge is 0.497 e. The highest BCUT2D eigenvalue weighted by Gasteiger charge is 2.07. The maximum absolute atomic E-state index is 12.2. The molecule has 0 aliphatic rings. The second-order valence-corrected chi connectivity index (χ2v) is 5.98. The van der Waals surface area contributed by atoms with Gasteiger partial charge in [-0.05, 0) is 42.3 Å². The van der Waals surface area contributed by atoms with E-state index in [2.05, 4.69) is 29.5 Å². The van der Waals surface area contributed by atoms with Gasteiger partial charge >= 0.3 is 0 Å². The zero-order valence-electron chi connectivity index (χ0n) is 14.9. The van der Waals surface area contributed by atoms with Crippen LogP contribution < -0.4 is 20.1 Å². The van der Waals surface area contributed by atoms with Gasteiger partial charge in [-0.25, -0.2) is 4.98 Å². The SMILES string of the molecule is COc1ccc(OCCNC(=O)c2ccnc(NCC(C)C)c2)cc1. The number of methoxy groups -OCH3 is 1. The summed E-state index contributed by atoms with van der Waals surface area (Å²) in [6, 6.07) is 10.8. The fourth-order valence-corrected chi connectivity index (χ4v) is 2.08. The van der Waals surface area contributed by atoms with Crippen LogP contribution >= 0.6 is 0 Å². The summed E-state index contributed by atoms with van der Waals surface area (Å²) in [6.45, 7) is 5.86. The Bertz CT molecular complexity index is 672. The van der Waals surface area contributed by atoms with Crippen LogP contribution in [0.25, 0.3) is 0 Å². The molecule has 0 aliphatic heterocycles. The highest BCUT2D eigenvalue weighted by Crippen LogP contribution is 2.16. The van der Waals surface area contributed by atoms with E-state index in [0.717, 1.165) is 18.0 Å². The average molecular weight is 343 g/mol. The molecule has 0 aliphatic carbocycles. The second kappa shape index (κ2) is 9.52. The molecule has 1 aromatic heterocycles. The lowest BCUT2D eigenvalue weighted by molar-refractivity contribution is 0.0947. The Hall–Kier alpha value is -2.76. The zero-order chi connectivity index (χ0) is 18.1. The van der Waals surface area contributed by atoms with Crippen LogP contribution in [0.4, 0.5) is 5.82 Å². The van der Waals surface area contributed by atoms with E-state index in [-0.39, 0.29) is 5.91 Å². The molecule has 0 fully saturated rings. The third kappa shape index (κ3) is 6.33. The average Bonchev–Trinajstić information content (AvgIpc) is 2.64. The van der Waals surface area contributed by atoms with Gasteiger partial charge in [0, 0.05) is 18.3 Å². The van der Waals surface area contributed by atoms with Crippen LogP contribution in [0.3, 0.4) is 0 Å². The van der Waals surface area contributed by atoms with Crippen molar-refractivity contribution in [3.05, 3.63) is 48.2 Å². The standard InChI is InChI=1S/C19H25N3O3/c1-14(2)13-22-18-12-15(8-9-20-18)19(23)21-10-11-25-17-6-4-16(24-3)5-7-17/h4-9,12,14H,10-11,13H2,1-3H3,(H,20,22)(H,21,23). The number of hydrogen-bond acceptors (Lipinski definition) is 5. The van der Waals surface area contributed by atoms with E-state index >= 15 is 0 Å². The van der Waals surface area contributed by atoms with Gasteiger partial charge in [-0.15, -0.1) is 0 Å². The van der Waals surface area contributed by atoms with E-state index in [9.17, 15) is 4.79 Å². The molecule has 2 aromatic rings. The summed E-state index contributed by atoms with van der Waals surface area (Å²) in [5, 5.41) is 6.05. The predicted octanol–water partition coefficient (Wildman–Crippen LogP) is 2.97. The van der Waals surface area contributed by atoms with Gasteiger partial charge in [0.2, 0.25) is 0 Å². The number of aromatic nitrogens is 1. The molecule has 2 N–H and O–H groups in total. The topological polar surface area (TPSA) is 72.5 Å². The summed E-state index contributed by atoms with van der Waals surface area (Å²) < 4.78 is 10.7. The number of nitrogens with zero attached hydrogens (tertiary/aromatic N) is 1. The number of carbonyl (C=O) groups is 1. The number of anilines is 1. The molecule has 0 saturated heterocycles. The Labute approximate surface area is 148 Å². The van der Waals surface area contributed by atoms with E-state index < -0.39 is 0 Å². The Kier molecular flexibility index (Phi) is 7.07. The van der Waals surface area contributed by atoms with Gasteiger partial charge in [0.1, 0.15) is 23.9 Å². The van der Waals surface area contributed by atoms with E-state index in [1.165, 1.54) is 0 Å². The maximum atomic E-state index is 12.2. The lowest BCUT2D eigenvalue weighted by Gasteiger charge is -2.10. The molecule has 0 spiro atoms. The third-order valence-corrected chi connectivity index (χ3v) is 3.43. The van der Waals surface area contributed by atoms with Gasteiger partial charge in [-0.1, -0.05) is 13.8 Å². The van der Waals surface area contributed by atoms with Crippen LogP contribution in [0.2, 0.25) is 0 Å². The van der Waals surface area contributed by atoms with Crippen LogP contribution in [0.1, 0.15) is 24.2 Å². The zero-order valence-corrected chi connectivity index (χ0v) is 14.9. The number of pyridine rings is 1. The highest BCUT2D eigenvalue weighted by atomic mass is 16.5. The molecule has 134 valence electrons. The molecule has 0 unspecified atom stereocenters. The monoisotopic (exact) mass is 343 g/mol. The normalized spacial score (nSPS) is 10.4. The van der Waals surface area contributed by atoms with Crippen molar-refractivity contribution in [2.45, 2.75) is 13.8 Å².